The van der Waals surface area contributed by atoms with Gasteiger partial charge in [0.1, 0.15) is 0 Å². The molecule has 2 aliphatic carbocycles. The lowest BCUT2D eigenvalue weighted by Gasteiger charge is -2.35. The van der Waals surface area contributed by atoms with E-state index in [-0.39, 0.29) is 0 Å². The molecule has 0 heterocycles. The normalized spacial score (nSPS) is 12.6. The van der Waals surface area contributed by atoms with Crippen LogP contribution in [0, 0.1) is 0 Å². The maximum atomic E-state index is 2.60. The van der Waals surface area contributed by atoms with Crippen molar-refractivity contribution in [3.05, 3.63) is 627 Å². The molecule has 2 heteroatoms. The second-order valence-electron chi connectivity index (χ2n) is 39.4. The highest BCUT2D eigenvalue weighted by Gasteiger charge is 2.49. The van der Waals surface area contributed by atoms with Crippen molar-refractivity contribution in [3.63, 3.8) is 0 Å². The van der Waals surface area contributed by atoms with Crippen LogP contribution in [0.1, 0.15) is 44.5 Å². The van der Waals surface area contributed by atoms with Gasteiger partial charge in [0.2, 0.25) is 0 Å². The summed E-state index contributed by atoms with van der Waals surface area (Å²) >= 11 is 0. The predicted octanol–water partition coefficient (Wildman–Crippen LogP) is 39.3. The van der Waals surface area contributed by atoms with Gasteiger partial charge >= 0.3 is 0 Å². The average molecular weight is 1880 g/mol. The Morgan fingerprint density at radius 2 is 0.392 bits per heavy atom. The number of nitrogens with zero attached hydrogens (tertiary/aromatic N) is 2. The van der Waals surface area contributed by atoms with Gasteiger partial charge in [0.05, 0.1) is 22.2 Å². The first kappa shape index (κ1) is 86.7. The molecule has 0 aliphatic heterocycles. The van der Waals surface area contributed by atoms with Crippen LogP contribution in [0.5, 0.6) is 0 Å². The van der Waals surface area contributed by atoms with E-state index in [9.17, 15) is 0 Å². The van der Waals surface area contributed by atoms with Crippen LogP contribution < -0.4 is 9.80 Å². The highest BCUT2D eigenvalue weighted by Crippen LogP contribution is 2.63. The number of hydrogen-bond donors (Lipinski definition) is 0. The zero-order valence-corrected chi connectivity index (χ0v) is 81.3. The maximum absolute atomic E-state index is 2.60. The summed E-state index contributed by atoms with van der Waals surface area (Å²) in [4.78, 5) is 5.18. The van der Waals surface area contributed by atoms with Gasteiger partial charge in [-0.25, -0.2) is 0 Å². The van der Waals surface area contributed by atoms with E-state index in [1.807, 2.05) is 0 Å². The van der Waals surface area contributed by atoms with Gasteiger partial charge in [0, 0.05) is 44.6 Å². The molecule has 0 saturated heterocycles. The lowest BCUT2D eigenvalue weighted by molar-refractivity contribution is 0.768. The smallest absolute Gasteiger partial charge is 0.0714 e. The minimum absolute atomic E-state index is 0.632. The molecule has 26 aromatic carbocycles. The third kappa shape index (κ3) is 14.2. The van der Waals surface area contributed by atoms with Crippen LogP contribution in [-0.2, 0) is 10.8 Å². The molecule has 28 rings (SSSR count). The van der Waals surface area contributed by atoms with Crippen molar-refractivity contribution in [2.75, 3.05) is 9.80 Å². The molecular weight excluding hydrogens is 1780 g/mol. The first-order valence-electron chi connectivity index (χ1n) is 51.4. The van der Waals surface area contributed by atoms with E-state index in [2.05, 4.69) is 592 Å². The monoisotopic (exact) mass is 1880 g/mol. The fourth-order valence-electron chi connectivity index (χ4n) is 25.0. The van der Waals surface area contributed by atoms with E-state index in [0.717, 1.165) is 122 Å². The summed E-state index contributed by atoms with van der Waals surface area (Å²) in [7, 11) is 0. The molecule has 690 valence electrons. The van der Waals surface area contributed by atoms with Gasteiger partial charge in [0.25, 0.3) is 0 Å². The second-order valence-corrected chi connectivity index (χ2v) is 39.4. The summed E-state index contributed by atoms with van der Waals surface area (Å²) in [5.74, 6) is 0. The van der Waals surface area contributed by atoms with Crippen LogP contribution in [-0.4, -0.2) is 0 Å². The van der Waals surface area contributed by atoms with Crippen molar-refractivity contribution in [1.82, 2.24) is 0 Å². The molecule has 0 atom stereocenters. The van der Waals surface area contributed by atoms with E-state index in [0.29, 0.717) is 0 Å². The Labute approximate surface area is 862 Å². The number of rotatable bonds is 19. The Morgan fingerprint density at radius 1 is 0.122 bits per heavy atom. The fourth-order valence-corrected chi connectivity index (χ4v) is 25.0. The summed E-state index contributed by atoms with van der Waals surface area (Å²) in [6.45, 7) is 0. The first-order chi connectivity index (χ1) is 73.4. The first-order valence-corrected chi connectivity index (χ1v) is 51.4. The number of fused-ring (bicyclic) bond motifs is 14. The van der Waals surface area contributed by atoms with E-state index in [1.54, 1.807) is 0 Å². The lowest BCUT2D eigenvalue weighted by Crippen LogP contribution is -2.28. The zero-order chi connectivity index (χ0) is 97.7. The van der Waals surface area contributed by atoms with Crippen molar-refractivity contribution in [2.45, 2.75) is 10.8 Å². The summed E-state index contributed by atoms with van der Waals surface area (Å²) in [6, 6.07) is 218. The molecule has 0 fully saturated rings. The Balaban J connectivity index is 0.573. The topological polar surface area (TPSA) is 6.48 Å². The fraction of sp³-hybridized carbons (Fsp3) is 0.0137. The predicted molar refractivity (Wildman–Crippen MR) is 624 cm³/mol. The van der Waals surface area contributed by atoms with Gasteiger partial charge in [0.15, 0.2) is 0 Å². The van der Waals surface area contributed by atoms with E-state index in [4.69, 9.17) is 0 Å². The molecule has 0 N–H and O–H groups in total. The third-order valence-electron chi connectivity index (χ3n) is 31.6. The van der Waals surface area contributed by atoms with Crippen molar-refractivity contribution < 1.29 is 0 Å². The molecule has 0 aromatic heterocycles. The Bertz CT molecular complexity index is 9520. The minimum Gasteiger partial charge on any atom is -0.309 e. The maximum Gasteiger partial charge on any atom is 0.0714 e. The van der Waals surface area contributed by atoms with Gasteiger partial charge in [-0.3, -0.25) is 0 Å². The molecule has 0 amide bonds. The molecule has 26 aromatic rings. The molecule has 2 aliphatic rings. The number of hydrogen-bond acceptors (Lipinski definition) is 2. The van der Waals surface area contributed by atoms with Crippen LogP contribution in [0.3, 0.4) is 0 Å². The van der Waals surface area contributed by atoms with E-state index >= 15 is 0 Å². The van der Waals surface area contributed by atoms with E-state index in [1.165, 1.54) is 143 Å². The lowest BCUT2D eigenvalue weighted by atomic mass is 9.67. The summed E-state index contributed by atoms with van der Waals surface area (Å²) in [6.07, 6.45) is 0. The summed E-state index contributed by atoms with van der Waals surface area (Å²) in [5.41, 5.74) is 40.7. The molecule has 148 heavy (non-hydrogen) atoms. The number of anilines is 6. The van der Waals surface area contributed by atoms with Crippen LogP contribution >= 0.6 is 0 Å². The third-order valence-corrected chi connectivity index (χ3v) is 31.6. The van der Waals surface area contributed by atoms with Crippen LogP contribution in [0.25, 0.3) is 187 Å². The Morgan fingerprint density at radius 3 is 0.831 bits per heavy atom. The highest BCUT2D eigenvalue weighted by molar-refractivity contribution is 6.27. The van der Waals surface area contributed by atoms with Crippen molar-refractivity contribution in [3.8, 4) is 122 Å². The molecular formula is C146H96N2. The zero-order valence-electron chi connectivity index (χ0n) is 81.3. The molecule has 0 radical (unpaired) electrons. The van der Waals surface area contributed by atoms with Crippen LogP contribution in [0.2, 0.25) is 0 Å². The standard InChI is InChI=1S/C146H96N2/c1-8-38-97(39-9-1)108-91-109(98-40-10-2-11-41-98)93-110(92-108)101-76-82-116(83-77-101)148(118-85-89-129-127-61-33-35-69-138(127)146(140(129)96-118,113-51-18-6-19-52-113)114-53-20-7-21-54-114)144-135-65-31-27-59-125(135)123-57-25-29-63-133(123)142(144)131-67-37-46-107-90-105(78-87-121(107)131)106-79-86-120(136(94-106)103-42-12-3-13-43-103)104-72-70-99(71-73-104)100-74-80-115(81-75-100)147(143-134-64-30-26-58-124(134)122-56-24-28-62-132(122)141(143)130-66-36-45-102-44-22-23-55-119(102)130)117-84-88-128-126-60-32-34-68-137(126)145(139(128)95-117,111-47-14-4-15-48-111)112-49-16-5-17-50-112/h1-96H. The Hall–Kier alpha value is -19.1. The quantitative estimate of drug-likeness (QED) is 0.0745. The van der Waals surface area contributed by atoms with Crippen molar-refractivity contribution in [1.29, 1.82) is 0 Å². The molecule has 2 nitrogen and oxygen atoms in total. The SMILES string of the molecule is c1ccc(-c2cc(-c3ccccc3)cc(-c3ccc(N(c4ccc5c(c4)C(c4ccccc4)(c4ccccc4)c4ccccc4-5)c4c(-c5cccc6cc(-c7ccc(-c8ccc(-c9ccc(N(c%10ccc%11c(c%10)C(c%10ccccc%10)(c%10ccccc%10)c%10ccccc%10-%11)c%10c(-c%11cccc%12ccccc%11%12)c%11ccccc%11c%11ccccc%10%11)cc9)cc8)c(-c8ccccc8)c7)ccc56)c5ccccc5c5ccccc45)cc3)c2)cc1. The largest absolute Gasteiger partial charge is 0.309 e. The molecule has 0 spiro atoms. The van der Waals surface area contributed by atoms with Gasteiger partial charge < -0.3 is 9.80 Å². The average Bonchev–Trinajstić information content (AvgIpc) is 1.53. The van der Waals surface area contributed by atoms with Gasteiger partial charge in [-0.15, -0.1) is 0 Å². The van der Waals surface area contributed by atoms with Gasteiger partial charge in [-0.2, -0.15) is 0 Å². The minimum atomic E-state index is -0.662. The molecule has 0 bridgehead atoms. The van der Waals surface area contributed by atoms with E-state index < -0.39 is 10.8 Å². The Kier molecular flexibility index (Phi) is 21.1. The van der Waals surface area contributed by atoms with Crippen molar-refractivity contribution >= 4 is 98.8 Å². The van der Waals surface area contributed by atoms with Crippen LogP contribution in [0.4, 0.5) is 34.1 Å². The number of benzene rings is 26. The summed E-state index contributed by atoms with van der Waals surface area (Å²) < 4.78 is 0. The molecule has 0 unspecified atom stereocenters. The second kappa shape index (κ2) is 36.1. The molecule has 0 saturated carbocycles. The van der Waals surface area contributed by atoms with Crippen molar-refractivity contribution in [2.24, 2.45) is 0 Å². The van der Waals surface area contributed by atoms with Gasteiger partial charge in [-0.05, 0) is 289 Å². The van der Waals surface area contributed by atoms with Crippen LogP contribution in [0.15, 0.2) is 582 Å². The highest BCUT2D eigenvalue weighted by atomic mass is 15.2. The summed E-state index contributed by atoms with van der Waals surface area (Å²) in [5, 5.41) is 14.1. The van der Waals surface area contributed by atoms with Gasteiger partial charge in [-0.1, -0.05) is 504 Å².